The van der Waals surface area contributed by atoms with Gasteiger partial charge in [0.15, 0.2) is 0 Å². The average molecular weight is 364 g/mol. The molecule has 1 N–H and O–H groups in total. The molecule has 1 saturated heterocycles. The number of hydrogen-bond acceptors (Lipinski definition) is 5. The summed E-state index contributed by atoms with van der Waals surface area (Å²) >= 11 is 1.32. The van der Waals surface area contributed by atoms with Gasteiger partial charge in [-0.15, -0.1) is 10.2 Å². The van der Waals surface area contributed by atoms with Gasteiger partial charge in [-0.2, -0.15) is 0 Å². The van der Waals surface area contributed by atoms with Crippen molar-refractivity contribution in [3.63, 3.8) is 0 Å². The van der Waals surface area contributed by atoms with Gasteiger partial charge in [0.05, 0.1) is 0 Å². The molecular weight excluding hydrogens is 348 g/mol. The summed E-state index contributed by atoms with van der Waals surface area (Å²) < 4.78 is 0. The molecule has 0 unspecified atom stereocenters. The number of amides is 2. The summed E-state index contributed by atoms with van der Waals surface area (Å²) in [6.07, 6.45) is 0.399. The molecule has 0 aliphatic carbocycles. The highest BCUT2D eigenvalue weighted by Crippen LogP contribution is 2.34. The van der Waals surface area contributed by atoms with Gasteiger partial charge in [0, 0.05) is 30.1 Å². The molecule has 4 rings (SSSR count). The number of rotatable bonds is 4. The fourth-order valence-corrected chi connectivity index (χ4v) is 3.77. The van der Waals surface area contributed by atoms with Crippen LogP contribution in [-0.2, 0) is 4.79 Å². The first kappa shape index (κ1) is 16.4. The molecule has 0 radical (unpaired) electrons. The number of carbonyl (C=O) groups excluding carboxylic acids is 2. The number of nitrogens with one attached hydrogen (secondary N) is 1. The van der Waals surface area contributed by atoms with E-state index in [0.29, 0.717) is 23.7 Å². The zero-order valence-corrected chi connectivity index (χ0v) is 14.6. The average Bonchev–Trinajstić information content (AvgIpc) is 3.30. The van der Waals surface area contributed by atoms with Crippen molar-refractivity contribution in [1.29, 1.82) is 0 Å². The second-order valence-corrected chi connectivity index (χ2v) is 7.02. The molecule has 1 atom stereocenters. The van der Waals surface area contributed by atoms with Crippen LogP contribution in [0.5, 0.6) is 0 Å². The highest BCUT2D eigenvalue weighted by molar-refractivity contribution is 7.15. The first-order chi connectivity index (χ1) is 12.7. The molecule has 1 aliphatic rings. The lowest BCUT2D eigenvalue weighted by Crippen LogP contribution is -2.24. The second-order valence-electron chi connectivity index (χ2n) is 6.01. The van der Waals surface area contributed by atoms with Crippen molar-refractivity contribution in [2.45, 2.75) is 12.3 Å². The van der Waals surface area contributed by atoms with Crippen molar-refractivity contribution in [3.05, 3.63) is 71.2 Å². The largest absolute Gasteiger partial charge is 0.312 e. The number of carbonyl (C=O) groups is 2. The zero-order valence-electron chi connectivity index (χ0n) is 13.8. The van der Waals surface area contributed by atoms with Crippen molar-refractivity contribution < 1.29 is 9.59 Å². The maximum absolute atomic E-state index is 12.3. The van der Waals surface area contributed by atoms with E-state index in [2.05, 4.69) is 15.5 Å². The van der Waals surface area contributed by atoms with Gasteiger partial charge in [-0.05, 0) is 24.3 Å². The van der Waals surface area contributed by atoms with Crippen LogP contribution in [0.25, 0.3) is 0 Å². The molecule has 130 valence electrons. The maximum Gasteiger partial charge on any atom is 0.257 e. The Morgan fingerprint density at radius 3 is 2.46 bits per heavy atom. The molecular formula is C19H16N4O2S. The summed E-state index contributed by atoms with van der Waals surface area (Å²) in [7, 11) is 0. The fraction of sp³-hybridized carbons (Fsp3) is 0.158. The monoisotopic (exact) mass is 364 g/mol. The number of benzene rings is 2. The number of para-hydroxylation sites is 1. The molecule has 6 nitrogen and oxygen atoms in total. The number of anilines is 2. The first-order valence-corrected chi connectivity index (χ1v) is 9.07. The van der Waals surface area contributed by atoms with Gasteiger partial charge in [0.25, 0.3) is 5.91 Å². The summed E-state index contributed by atoms with van der Waals surface area (Å²) in [6, 6.07) is 18.6. The molecule has 2 heterocycles. The third kappa shape index (κ3) is 3.34. The van der Waals surface area contributed by atoms with Crippen LogP contribution < -0.4 is 10.2 Å². The van der Waals surface area contributed by atoms with E-state index in [-0.39, 0.29) is 17.7 Å². The van der Waals surface area contributed by atoms with Crippen LogP contribution in [0.2, 0.25) is 0 Å². The standard InChI is InChI=1S/C19H16N4O2S/c24-16-11-14(12-23(16)15-9-5-2-6-10-15)18-21-22-19(26-18)20-17(25)13-7-3-1-4-8-13/h1-10,14H,11-12H2,(H,20,22,25)/t14-/m0/s1. The van der Waals surface area contributed by atoms with E-state index in [4.69, 9.17) is 0 Å². The minimum atomic E-state index is -0.221. The molecule has 7 heteroatoms. The maximum atomic E-state index is 12.3. The lowest BCUT2D eigenvalue weighted by atomic mass is 10.1. The molecule has 2 amide bonds. The highest BCUT2D eigenvalue weighted by Gasteiger charge is 2.33. The van der Waals surface area contributed by atoms with Gasteiger partial charge in [0.2, 0.25) is 11.0 Å². The minimum absolute atomic E-state index is 0.0115. The van der Waals surface area contributed by atoms with Crippen LogP contribution >= 0.6 is 11.3 Å². The van der Waals surface area contributed by atoms with Crippen molar-refractivity contribution in [2.24, 2.45) is 0 Å². The Morgan fingerprint density at radius 1 is 1.04 bits per heavy atom. The fourth-order valence-electron chi connectivity index (χ4n) is 2.94. The third-order valence-corrected chi connectivity index (χ3v) is 5.24. The van der Waals surface area contributed by atoms with Gasteiger partial charge >= 0.3 is 0 Å². The van der Waals surface area contributed by atoms with Crippen LogP contribution in [0, 0.1) is 0 Å². The van der Waals surface area contributed by atoms with Crippen LogP contribution in [-0.4, -0.2) is 28.6 Å². The summed E-state index contributed by atoms with van der Waals surface area (Å²) in [4.78, 5) is 26.3. The SMILES string of the molecule is O=C(Nc1nnc([C@H]2CC(=O)N(c3ccccc3)C2)s1)c1ccccc1. The Bertz CT molecular complexity index is 927. The predicted octanol–water partition coefficient (Wildman–Crippen LogP) is 3.31. The summed E-state index contributed by atoms with van der Waals surface area (Å²) in [5.41, 5.74) is 1.46. The van der Waals surface area contributed by atoms with E-state index in [1.165, 1.54) is 11.3 Å². The quantitative estimate of drug-likeness (QED) is 0.771. The van der Waals surface area contributed by atoms with Crippen molar-refractivity contribution in [3.8, 4) is 0 Å². The lowest BCUT2D eigenvalue weighted by Gasteiger charge is -2.15. The van der Waals surface area contributed by atoms with Gasteiger partial charge < -0.3 is 4.90 Å². The normalized spacial score (nSPS) is 16.7. The predicted molar refractivity (Wildman–Crippen MR) is 100 cm³/mol. The van der Waals surface area contributed by atoms with Gasteiger partial charge in [-0.3, -0.25) is 14.9 Å². The van der Waals surface area contributed by atoms with Crippen molar-refractivity contribution in [2.75, 3.05) is 16.8 Å². The Kier molecular flexibility index (Phi) is 4.45. The van der Waals surface area contributed by atoms with E-state index in [0.717, 1.165) is 10.7 Å². The summed E-state index contributed by atoms with van der Waals surface area (Å²) in [5, 5.41) is 12.2. The molecule has 0 spiro atoms. The minimum Gasteiger partial charge on any atom is -0.312 e. The van der Waals surface area contributed by atoms with Crippen LogP contribution in [0.3, 0.4) is 0 Å². The van der Waals surface area contributed by atoms with Gasteiger partial charge in [-0.25, -0.2) is 0 Å². The van der Waals surface area contributed by atoms with Crippen LogP contribution in [0.15, 0.2) is 60.7 Å². The van der Waals surface area contributed by atoms with Crippen LogP contribution in [0.1, 0.15) is 27.7 Å². The number of nitrogens with zero attached hydrogens (tertiary/aromatic N) is 3. The smallest absolute Gasteiger partial charge is 0.257 e. The zero-order chi connectivity index (χ0) is 17.9. The Balaban J connectivity index is 1.45. The second kappa shape index (κ2) is 7.05. The van der Waals surface area contributed by atoms with Crippen molar-refractivity contribution >= 4 is 34.0 Å². The molecule has 0 saturated carbocycles. The highest BCUT2D eigenvalue weighted by atomic mass is 32.1. The Labute approximate surface area is 154 Å². The molecule has 3 aromatic rings. The molecule has 1 aliphatic heterocycles. The van der Waals surface area contributed by atoms with Gasteiger partial charge in [0.1, 0.15) is 5.01 Å². The van der Waals surface area contributed by atoms with E-state index >= 15 is 0 Å². The molecule has 1 fully saturated rings. The molecule has 1 aromatic heterocycles. The van der Waals surface area contributed by atoms with Gasteiger partial charge in [-0.1, -0.05) is 47.7 Å². The number of hydrogen-bond donors (Lipinski definition) is 1. The molecule has 26 heavy (non-hydrogen) atoms. The lowest BCUT2D eigenvalue weighted by molar-refractivity contribution is -0.117. The molecule has 0 bridgehead atoms. The van der Waals surface area contributed by atoms with E-state index in [1.807, 2.05) is 48.5 Å². The first-order valence-electron chi connectivity index (χ1n) is 8.26. The molecule has 2 aromatic carbocycles. The Hall–Kier alpha value is -3.06. The Morgan fingerprint density at radius 2 is 1.73 bits per heavy atom. The summed E-state index contributed by atoms with van der Waals surface area (Å²) in [5.74, 6) is -0.157. The van der Waals surface area contributed by atoms with E-state index in [1.54, 1.807) is 17.0 Å². The van der Waals surface area contributed by atoms with Crippen LogP contribution in [0.4, 0.5) is 10.8 Å². The topological polar surface area (TPSA) is 75.2 Å². The van der Waals surface area contributed by atoms with E-state index < -0.39 is 0 Å². The van der Waals surface area contributed by atoms with E-state index in [9.17, 15) is 9.59 Å². The third-order valence-electron chi connectivity index (χ3n) is 4.24. The number of aromatic nitrogens is 2. The summed E-state index contributed by atoms with van der Waals surface area (Å²) in [6.45, 7) is 0.574. The van der Waals surface area contributed by atoms with Crippen molar-refractivity contribution in [1.82, 2.24) is 10.2 Å².